The lowest BCUT2D eigenvalue weighted by molar-refractivity contribution is 1.50. The number of allylic oxidation sites excluding steroid dienone is 2. The minimum absolute atomic E-state index is 1.22. The first-order chi connectivity index (χ1) is 4.41. The molecule has 2 N–H and O–H groups in total. The molecule has 0 heterocycles. The third-order valence-electron chi connectivity index (χ3n) is 0.394. The van der Waals surface area contributed by atoms with Crippen LogP contribution in [-0.2, 0) is 0 Å². The van der Waals surface area contributed by atoms with Crippen molar-refractivity contribution in [1.29, 1.82) is 0 Å². The predicted octanol–water partition coefficient (Wildman–Crippen LogP) is 1.70. The van der Waals surface area contributed by atoms with Gasteiger partial charge in [-0.1, -0.05) is 26.5 Å². The van der Waals surface area contributed by atoms with Crippen LogP contribution in [0, 0.1) is 0 Å². The lowest BCUT2D eigenvalue weighted by Gasteiger charge is -1.67. The summed E-state index contributed by atoms with van der Waals surface area (Å²) in [6, 6.07) is 0. The van der Waals surface area contributed by atoms with Gasteiger partial charge in [-0.25, -0.2) is 4.99 Å². The Balaban J connectivity index is 0. The van der Waals surface area contributed by atoms with E-state index in [1.807, 2.05) is 13.8 Å². The van der Waals surface area contributed by atoms with Gasteiger partial charge in [0.2, 0.25) is 0 Å². The fourth-order valence-electron chi connectivity index (χ4n) is 0.160. The molecule has 0 amide bonds. The molecule has 0 rings (SSSR count). The zero-order valence-electron chi connectivity index (χ0n) is 6.04. The van der Waals surface area contributed by atoms with E-state index in [4.69, 9.17) is 5.73 Å². The summed E-state index contributed by atoms with van der Waals surface area (Å²) in [5.74, 6) is 0. The maximum absolute atomic E-state index is 4.89. The number of hydrogen-bond acceptors (Lipinski definition) is 1. The lowest BCUT2D eigenvalue weighted by Crippen LogP contribution is -1.84. The average molecular weight is 126 g/mol. The van der Waals surface area contributed by atoms with E-state index in [2.05, 4.69) is 11.6 Å². The standard InChI is InChI=1S/C5H8N2.C2H6/c1-2-3-4-7-5-6;1-2/h2-5H,1H2,(H2,6,7);1-2H3/b4-3-;. The second-order valence-electron chi connectivity index (χ2n) is 0.875. The van der Waals surface area contributed by atoms with Crippen LogP contribution in [0.25, 0.3) is 0 Å². The molecule has 0 unspecified atom stereocenters. The summed E-state index contributed by atoms with van der Waals surface area (Å²) in [5, 5.41) is 0. The molecule has 9 heavy (non-hydrogen) atoms. The molecule has 0 saturated heterocycles. The van der Waals surface area contributed by atoms with Gasteiger partial charge in [-0.2, -0.15) is 0 Å². The van der Waals surface area contributed by atoms with Crippen molar-refractivity contribution in [3.8, 4) is 0 Å². The summed E-state index contributed by atoms with van der Waals surface area (Å²) in [7, 11) is 0. The Morgan fingerprint density at radius 1 is 1.44 bits per heavy atom. The summed E-state index contributed by atoms with van der Waals surface area (Å²) in [6.07, 6.45) is 6.11. The molecule has 0 radical (unpaired) electrons. The van der Waals surface area contributed by atoms with Crippen LogP contribution in [0.1, 0.15) is 13.8 Å². The fraction of sp³-hybridized carbons (Fsp3) is 0.286. The molecular weight excluding hydrogens is 112 g/mol. The largest absolute Gasteiger partial charge is 0.390 e. The Labute approximate surface area is 56.8 Å². The molecule has 0 fully saturated rings. The van der Waals surface area contributed by atoms with E-state index < -0.39 is 0 Å². The van der Waals surface area contributed by atoms with Crippen LogP contribution >= 0.6 is 0 Å². The van der Waals surface area contributed by atoms with E-state index in [0.29, 0.717) is 0 Å². The van der Waals surface area contributed by atoms with E-state index in [1.165, 1.54) is 6.34 Å². The van der Waals surface area contributed by atoms with Gasteiger partial charge in [0.25, 0.3) is 0 Å². The minimum Gasteiger partial charge on any atom is -0.390 e. The van der Waals surface area contributed by atoms with Gasteiger partial charge in [-0.3, -0.25) is 0 Å². The van der Waals surface area contributed by atoms with Gasteiger partial charge in [-0.15, -0.1) is 0 Å². The van der Waals surface area contributed by atoms with Crippen LogP contribution in [0.2, 0.25) is 0 Å². The molecule has 52 valence electrons. The quantitative estimate of drug-likeness (QED) is 0.341. The summed E-state index contributed by atoms with van der Waals surface area (Å²) in [4.78, 5) is 3.56. The fourth-order valence-corrected chi connectivity index (χ4v) is 0.160. The first kappa shape index (κ1) is 10.8. The van der Waals surface area contributed by atoms with Crippen molar-refractivity contribution in [2.45, 2.75) is 13.8 Å². The van der Waals surface area contributed by atoms with Crippen molar-refractivity contribution >= 4 is 6.34 Å². The molecule has 0 bridgehead atoms. The van der Waals surface area contributed by atoms with Gasteiger partial charge in [0.1, 0.15) is 0 Å². The van der Waals surface area contributed by atoms with Crippen LogP contribution in [0.3, 0.4) is 0 Å². The number of nitrogens with zero attached hydrogens (tertiary/aromatic N) is 1. The van der Waals surface area contributed by atoms with Gasteiger partial charge in [0.05, 0.1) is 6.34 Å². The number of nitrogens with two attached hydrogens (primary N) is 1. The van der Waals surface area contributed by atoms with Crippen molar-refractivity contribution in [3.05, 3.63) is 24.9 Å². The Morgan fingerprint density at radius 3 is 2.33 bits per heavy atom. The Bertz CT molecular complexity index is 93.1. The Morgan fingerprint density at radius 2 is 2.00 bits per heavy atom. The van der Waals surface area contributed by atoms with Crippen LogP contribution in [0.4, 0.5) is 0 Å². The van der Waals surface area contributed by atoms with E-state index >= 15 is 0 Å². The first-order valence-electron chi connectivity index (χ1n) is 2.92. The average Bonchev–Trinajstić information content (AvgIpc) is 1.94. The van der Waals surface area contributed by atoms with Gasteiger partial charge in [0.15, 0.2) is 0 Å². The highest BCUT2D eigenvalue weighted by Gasteiger charge is 1.51. The molecule has 0 saturated carbocycles. The summed E-state index contributed by atoms with van der Waals surface area (Å²) in [6.45, 7) is 7.43. The molecule has 0 aliphatic heterocycles. The van der Waals surface area contributed by atoms with Crippen LogP contribution in [0.15, 0.2) is 29.9 Å². The Hall–Kier alpha value is -1.05. The molecule has 2 heteroatoms. The highest BCUT2D eigenvalue weighted by atomic mass is 14.8. The summed E-state index contributed by atoms with van der Waals surface area (Å²) < 4.78 is 0. The molecule has 2 nitrogen and oxygen atoms in total. The third-order valence-corrected chi connectivity index (χ3v) is 0.394. The van der Waals surface area contributed by atoms with Crippen molar-refractivity contribution in [1.82, 2.24) is 0 Å². The molecule has 0 atom stereocenters. The topological polar surface area (TPSA) is 38.4 Å². The second kappa shape index (κ2) is 15.8. The van der Waals surface area contributed by atoms with Crippen molar-refractivity contribution < 1.29 is 0 Å². The van der Waals surface area contributed by atoms with E-state index in [9.17, 15) is 0 Å². The molecule has 0 aliphatic carbocycles. The monoisotopic (exact) mass is 126 g/mol. The SMILES string of the molecule is C=C/C=C\N=CN.CC. The number of rotatable bonds is 2. The molecular formula is C7H14N2. The maximum atomic E-state index is 4.89. The number of aliphatic imine (C=N–C) groups is 1. The zero-order chi connectivity index (χ0) is 7.54. The van der Waals surface area contributed by atoms with Gasteiger partial charge < -0.3 is 5.73 Å². The van der Waals surface area contributed by atoms with Crippen molar-refractivity contribution in [2.24, 2.45) is 10.7 Å². The smallest absolute Gasteiger partial charge is 0.0852 e. The van der Waals surface area contributed by atoms with Crippen LogP contribution in [0.5, 0.6) is 0 Å². The van der Waals surface area contributed by atoms with Gasteiger partial charge in [0, 0.05) is 6.20 Å². The van der Waals surface area contributed by atoms with Crippen molar-refractivity contribution in [2.75, 3.05) is 0 Å². The van der Waals surface area contributed by atoms with Crippen LogP contribution in [-0.4, -0.2) is 6.34 Å². The first-order valence-corrected chi connectivity index (χ1v) is 2.92. The molecule has 0 aromatic carbocycles. The van der Waals surface area contributed by atoms with E-state index in [1.54, 1.807) is 18.4 Å². The third kappa shape index (κ3) is 19.6. The van der Waals surface area contributed by atoms with Crippen molar-refractivity contribution in [3.63, 3.8) is 0 Å². The summed E-state index contributed by atoms with van der Waals surface area (Å²) >= 11 is 0. The van der Waals surface area contributed by atoms with Gasteiger partial charge in [-0.05, 0) is 6.08 Å². The van der Waals surface area contributed by atoms with Gasteiger partial charge >= 0.3 is 0 Å². The normalized spacial score (nSPS) is 9.11. The number of hydrogen-bond donors (Lipinski definition) is 1. The Kier molecular flexibility index (Phi) is 19.0. The predicted molar refractivity (Wildman–Crippen MR) is 43.4 cm³/mol. The molecule has 0 aliphatic rings. The lowest BCUT2D eigenvalue weighted by atomic mass is 10.6. The highest BCUT2D eigenvalue weighted by Crippen LogP contribution is 1.70. The second-order valence-corrected chi connectivity index (χ2v) is 0.875. The summed E-state index contributed by atoms with van der Waals surface area (Å²) in [5.41, 5.74) is 4.89. The van der Waals surface area contributed by atoms with E-state index in [0.717, 1.165) is 0 Å². The molecule has 0 aromatic rings. The maximum Gasteiger partial charge on any atom is 0.0852 e. The highest BCUT2D eigenvalue weighted by molar-refractivity contribution is 5.52. The van der Waals surface area contributed by atoms with Crippen LogP contribution < -0.4 is 5.73 Å². The zero-order valence-corrected chi connectivity index (χ0v) is 6.04. The van der Waals surface area contributed by atoms with E-state index in [-0.39, 0.29) is 0 Å². The minimum atomic E-state index is 1.22. The molecule has 0 aromatic heterocycles. The molecule has 0 spiro atoms.